The minimum absolute atomic E-state index is 0.0780. The Morgan fingerprint density at radius 1 is 1.13 bits per heavy atom. The molecule has 1 unspecified atom stereocenters. The Morgan fingerprint density at radius 2 is 1.90 bits per heavy atom. The molecule has 202 valence electrons. The molecule has 4 aromatic rings. The van der Waals surface area contributed by atoms with Gasteiger partial charge in [-0.15, -0.1) is 11.3 Å². The molecule has 1 N–H and O–H groups in total. The first-order valence-electron chi connectivity index (χ1n) is 12.8. The van der Waals surface area contributed by atoms with Crippen molar-refractivity contribution in [1.29, 1.82) is 0 Å². The van der Waals surface area contributed by atoms with Gasteiger partial charge in [-0.2, -0.15) is 0 Å². The van der Waals surface area contributed by atoms with E-state index in [1.807, 2.05) is 24.3 Å². The fourth-order valence-corrected chi connectivity index (χ4v) is 6.05. The van der Waals surface area contributed by atoms with Crippen LogP contribution in [0.4, 0.5) is 5.00 Å². The van der Waals surface area contributed by atoms with E-state index >= 15 is 0 Å². The number of aryl methyl sites for hydroxylation is 1. The highest BCUT2D eigenvalue weighted by Gasteiger charge is 2.29. The number of amides is 1. The van der Waals surface area contributed by atoms with Gasteiger partial charge in [-0.1, -0.05) is 26.0 Å². The lowest BCUT2D eigenvalue weighted by molar-refractivity contribution is -0.118. The molecular weight excluding hydrogens is 518 g/mol. The van der Waals surface area contributed by atoms with Gasteiger partial charge in [0.1, 0.15) is 28.3 Å². The summed E-state index contributed by atoms with van der Waals surface area (Å²) in [5.74, 6) is 0.638. The maximum Gasteiger partial charge on any atom is 0.341 e. The molecule has 1 aliphatic carbocycles. The van der Waals surface area contributed by atoms with Crippen LogP contribution in [0.3, 0.4) is 0 Å². The summed E-state index contributed by atoms with van der Waals surface area (Å²) in [6, 6.07) is 12.2. The first-order chi connectivity index (χ1) is 18.9. The van der Waals surface area contributed by atoms with Crippen LogP contribution in [0.25, 0.3) is 11.0 Å². The molecule has 2 heterocycles. The highest BCUT2D eigenvalue weighted by molar-refractivity contribution is 7.17. The Labute approximate surface area is 229 Å². The molecule has 9 heteroatoms. The summed E-state index contributed by atoms with van der Waals surface area (Å²) in [6.45, 7) is 3.96. The summed E-state index contributed by atoms with van der Waals surface area (Å²) in [5, 5.41) is 3.63. The molecule has 1 amide bonds. The molecule has 2 aromatic heterocycles. The predicted molar refractivity (Wildman–Crippen MR) is 149 cm³/mol. The minimum atomic E-state index is -0.454. The molecule has 2 aromatic carbocycles. The SMILES string of the molecule is CCc1ccc(Oc2coc3cc(OCC(=O)Nc4sc5c(c4C(=O)OC)CCC(C)C5)ccc3c2=O)cc1. The van der Waals surface area contributed by atoms with E-state index in [9.17, 15) is 14.4 Å². The molecule has 1 atom stereocenters. The third-order valence-electron chi connectivity index (χ3n) is 6.80. The van der Waals surface area contributed by atoms with Crippen molar-refractivity contribution in [2.75, 3.05) is 19.0 Å². The Morgan fingerprint density at radius 3 is 2.64 bits per heavy atom. The van der Waals surface area contributed by atoms with Gasteiger partial charge >= 0.3 is 5.97 Å². The number of hydrogen-bond acceptors (Lipinski definition) is 8. The molecule has 0 spiro atoms. The summed E-state index contributed by atoms with van der Waals surface area (Å²) in [5.41, 5.74) is 2.56. The smallest absolute Gasteiger partial charge is 0.341 e. The van der Waals surface area contributed by atoms with E-state index in [2.05, 4.69) is 19.2 Å². The number of hydrogen-bond donors (Lipinski definition) is 1. The number of ether oxygens (including phenoxy) is 3. The zero-order chi connectivity index (χ0) is 27.5. The van der Waals surface area contributed by atoms with E-state index in [1.54, 1.807) is 18.2 Å². The van der Waals surface area contributed by atoms with E-state index in [1.165, 1.54) is 30.3 Å². The monoisotopic (exact) mass is 547 g/mol. The molecule has 0 aliphatic heterocycles. The van der Waals surface area contributed by atoms with Gasteiger partial charge in [-0.3, -0.25) is 9.59 Å². The minimum Gasteiger partial charge on any atom is -0.484 e. The number of anilines is 1. The second-order valence-electron chi connectivity index (χ2n) is 9.57. The number of carbonyl (C=O) groups excluding carboxylic acids is 2. The predicted octanol–water partition coefficient (Wildman–Crippen LogP) is 6.14. The standard InChI is InChI=1S/C30H29NO7S/c1-4-18-6-8-19(9-7-18)38-24-15-37-23-14-20(10-12-21(23)28(24)33)36-16-26(32)31-29-27(30(34)35-3)22-11-5-17(2)13-25(22)39-29/h6-10,12,14-15,17H,4-5,11,13,16H2,1-3H3,(H,31,32). The average Bonchev–Trinajstić information content (AvgIpc) is 3.29. The Kier molecular flexibility index (Phi) is 7.70. The van der Waals surface area contributed by atoms with Crippen molar-refractivity contribution < 1.29 is 28.2 Å². The topological polar surface area (TPSA) is 104 Å². The van der Waals surface area contributed by atoms with Crippen LogP contribution in [-0.4, -0.2) is 25.6 Å². The maximum atomic E-state index is 12.9. The van der Waals surface area contributed by atoms with Crippen molar-refractivity contribution in [1.82, 2.24) is 0 Å². The number of thiophene rings is 1. The normalized spacial score (nSPS) is 14.5. The quantitative estimate of drug-likeness (QED) is 0.264. The van der Waals surface area contributed by atoms with E-state index in [4.69, 9.17) is 18.6 Å². The molecule has 39 heavy (non-hydrogen) atoms. The molecule has 0 saturated carbocycles. The van der Waals surface area contributed by atoms with Crippen LogP contribution in [0.15, 0.2) is 57.9 Å². The van der Waals surface area contributed by atoms with Gasteiger partial charge in [0, 0.05) is 10.9 Å². The highest BCUT2D eigenvalue weighted by atomic mass is 32.1. The van der Waals surface area contributed by atoms with E-state index in [0.717, 1.165) is 36.1 Å². The fraction of sp³-hybridized carbons (Fsp3) is 0.300. The van der Waals surface area contributed by atoms with Crippen LogP contribution < -0.4 is 20.2 Å². The number of rotatable bonds is 8. The lowest BCUT2D eigenvalue weighted by atomic mass is 9.88. The molecule has 0 radical (unpaired) electrons. The van der Waals surface area contributed by atoms with Crippen LogP contribution in [-0.2, 0) is 28.8 Å². The van der Waals surface area contributed by atoms with Crippen molar-refractivity contribution in [2.24, 2.45) is 5.92 Å². The van der Waals surface area contributed by atoms with Gasteiger partial charge in [-0.25, -0.2) is 4.79 Å². The van der Waals surface area contributed by atoms with Crippen LogP contribution >= 0.6 is 11.3 Å². The molecule has 8 nitrogen and oxygen atoms in total. The summed E-state index contributed by atoms with van der Waals surface area (Å²) < 4.78 is 22.0. The van der Waals surface area contributed by atoms with E-state index < -0.39 is 11.9 Å². The molecule has 0 fully saturated rings. The van der Waals surface area contributed by atoms with Gasteiger partial charge in [0.05, 0.1) is 18.1 Å². The number of benzene rings is 2. The molecule has 0 saturated heterocycles. The lowest BCUT2D eigenvalue weighted by Crippen LogP contribution is -2.21. The molecule has 5 rings (SSSR count). The summed E-state index contributed by atoms with van der Waals surface area (Å²) in [4.78, 5) is 39.2. The van der Waals surface area contributed by atoms with E-state index in [-0.39, 0.29) is 17.8 Å². The Balaban J connectivity index is 1.27. The summed E-state index contributed by atoms with van der Waals surface area (Å²) in [7, 11) is 1.34. The number of methoxy groups -OCH3 is 1. The highest BCUT2D eigenvalue weighted by Crippen LogP contribution is 2.40. The van der Waals surface area contributed by atoms with Crippen molar-refractivity contribution >= 4 is 39.2 Å². The number of carbonyl (C=O) groups is 2. The van der Waals surface area contributed by atoms with Crippen molar-refractivity contribution in [2.45, 2.75) is 39.5 Å². The van der Waals surface area contributed by atoms with Gasteiger partial charge in [0.2, 0.25) is 11.2 Å². The Hall–Kier alpha value is -4.11. The molecular formula is C30H29NO7S. The summed E-state index contributed by atoms with van der Waals surface area (Å²) in [6.07, 6.45) is 4.82. The molecule has 1 aliphatic rings. The van der Waals surface area contributed by atoms with Crippen LogP contribution in [0, 0.1) is 5.92 Å². The Bertz CT molecular complexity index is 1590. The second-order valence-corrected chi connectivity index (χ2v) is 10.7. The van der Waals surface area contributed by atoms with E-state index in [0.29, 0.717) is 39.0 Å². The zero-order valence-corrected chi connectivity index (χ0v) is 22.8. The first-order valence-corrected chi connectivity index (χ1v) is 13.7. The zero-order valence-electron chi connectivity index (χ0n) is 22.0. The van der Waals surface area contributed by atoms with Crippen LogP contribution in [0.5, 0.6) is 17.2 Å². The van der Waals surface area contributed by atoms with Crippen molar-refractivity contribution in [3.8, 4) is 17.2 Å². The van der Waals surface area contributed by atoms with Crippen LogP contribution in [0.1, 0.15) is 46.6 Å². The van der Waals surface area contributed by atoms with Gasteiger partial charge in [0.15, 0.2) is 6.61 Å². The number of nitrogens with one attached hydrogen (secondary N) is 1. The number of fused-ring (bicyclic) bond motifs is 2. The molecule has 0 bridgehead atoms. The summed E-state index contributed by atoms with van der Waals surface area (Å²) >= 11 is 1.42. The van der Waals surface area contributed by atoms with Crippen LogP contribution in [0.2, 0.25) is 0 Å². The van der Waals surface area contributed by atoms with Crippen molar-refractivity contribution in [3.05, 3.63) is 80.5 Å². The van der Waals surface area contributed by atoms with Gasteiger partial charge < -0.3 is 23.9 Å². The van der Waals surface area contributed by atoms with Gasteiger partial charge in [0.25, 0.3) is 5.91 Å². The largest absolute Gasteiger partial charge is 0.484 e. The van der Waals surface area contributed by atoms with Gasteiger partial charge in [-0.05, 0) is 67.0 Å². The second kappa shape index (κ2) is 11.3. The van der Waals surface area contributed by atoms with Crippen molar-refractivity contribution in [3.63, 3.8) is 0 Å². The number of esters is 1. The third kappa shape index (κ3) is 5.68. The maximum absolute atomic E-state index is 12.9. The first kappa shape index (κ1) is 26.5. The fourth-order valence-electron chi connectivity index (χ4n) is 4.64. The third-order valence-corrected chi connectivity index (χ3v) is 7.97. The average molecular weight is 548 g/mol. The lowest BCUT2D eigenvalue weighted by Gasteiger charge is -2.18.